The van der Waals surface area contributed by atoms with Gasteiger partial charge in [0.1, 0.15) is 4.90 Å². The van der Waals surface area contributed by atoms with Crippen molar-refractivity contribution in [2.75, 3.05) is 26.2 Å². The van der Waals surface area contributed by atoms with Gasteiger partial charge < -0.3 is 0 Å². The molecule has 0 N–H and O–H groups in total. The summed E-state index contributed by atoms with van der Waals surface area (Å²) in [5.74, 6) is 0. The van der Waals surface area contributed by atoms with Crippen LogP contribution in [0.25, 0.3) is 0 Å². The number of nitro benzene ring substituents is 1. The van der Waals surface area contributed by atoms with Gasteiger partial charge in [0.25, 0.3) is 5.69 Å². The number of para-hydroxylation sites is 1. The Hall–Kier alpha value is -2.41. The Kier molecular flexibility index (Phi) is 5.24. The van der Waals surface area contributed by atoms with Crippen molar-refractivity contribution in [3.8, 4) is 0 Å². The van der Waals surface area contributed by atoms with E-state index in [1.807, 2.05) is 0 Å². The van der Waals surface area contributed by atoms with Gasteiger partial charge in [-0.3, -0.25) is 15.1 Å². The predicted octanol–water partition coefficient (Wildman–Crippen LogP) is 0.685. The molecule has 1 aromatic heterocycles. The minimum atomic E-state index is -4.11. The van der Waals surface area contributed by atoms with Crippen LogP contribution in [0, 0.1) is 10.1 Å². The maximum absolute atomic E-state index is 12.8. The molecule has 0 saturated carbocycles. The van der Waals surface area contributed by atoms with Crippen molar-refractivity contribution >= 4 is 25.7 Å². The van der Waals surface area contributed by atoms with E-state index in [0.29, 0.717) is 0 Å². The number of nitrogens with zero attached hydrogens (tertiary/aromatic N) is 4. The normalized spacial score (nSPS) is 16.9. The molecule has 2 heterocycles. The maximum Gasteiger partial charge on any atom is 0.289 e. The largest absolute Gasteiger partial charge is 0.289 e. The van der Waals surface area contributed by atoms with Gasteiger partial charge in [-0.1, -0.05) is 12.1 Å². The number of hydrogen-bond donors (Lipinski definition) is 0. The summed E-state index contributed by atoms with van der Waals surface area (Å²) in [7, 11) is -7.89. The molecule has 0 amide bonds. The standard InChI is InChI=1S/C15H16N4O6S2/c20-19(21)14-5-1-2-6-15(14)27(24,25)18-10-8-17(9-11-18)26(22,23)13-4-3-7-16-12-13/h1-7,12H,8-11H2. The number of benzene rings is 1. The van der Waals surface area contributed by atoms with Crippen molar-refractivity contribution in [3.05, 3.63) is 58.9 Å². The van der Waals surface area contributed by atoms with E-state index in [1.165, 1.54) is 47.0 Å². The average Bonchev–Trinajstić information content (AvgIpc) is 2.68. The van der Waals surface area contributed by atoms with Gasteiger partial charge in [0.05, 0.1) is 4.92 Å². The summed E-state index contributed by atoms with van der Waals surface area (Å²) in [5.41, 5.74) is -0.511. The molecule has 0 aliphatic carbocycles. The Morgan fingerprint density at radius 3 is 2.04 bits per heavy atom. The summed E-state index contributed by atoms with van der Waals surface area (Å²) in [5, 5.41) is 11.1. The Bertz CT molecular complexity index is 1050. The quantitative estimate of drug-likeness (QED) is 0.521. The molecule has 0 atom stereocenters. The highest BCUT2D eigenvalue weighted by Crippen LogP contribution is 2.27. The van der Waals surface area contributed by atoms with Gasteiger partial charge in [-0.25, -0.2) is 16.8 Å². The van der Waals surface area contributed by atoms with E-state index in [2.05, 4.69) is 4.98 Å². The lowest BCUT2D eigenvalue weighted by Crippen LogP contribution is -2.50. The summed E-state index contributed by atoms with van der Waals surface area (Å²) < 4.78 is 53.0. The second kappa shape index (κ2) is 7.31. The molecular weight excluding hydrogens is 396 g/mol. The number of hydrogen-bond acceptors (Lipinski definition) is 7. The molecule has 0 spiro atoms. The Labute approximate surface area is 156 Å². The first-order chi connectivity index (χ1) is 12.7. The molecule has 144 valence electrons. The molecule has 0 radical (unpaired) electrons. The molecule has 27 heavy (non-hydrogen) atoms. The number of pyridine rings is 1. The van der Waals surface area contributed by atoms with Crippen LogP contribution in [-0.4, -0.2) is 61.5 Å². The van der Waals surface area contributed by atoms with Crippen LogP contribution in [0.2, 0.25) is 0 Å². The Morgan fingerprint density at radius 2 is 1.48 bits per heavy atom. The van der Waals surface area contributed by atoms with Gasteiger partial charge in [-0.15, -0.1) is 0 Å². The fourth-order valence-corrected chi connectivity index (χ4v) is 5.73. The smallest absolute Gasteiger partial charge is 0.263 e. The zero-order chi connectivity index (χ0) is 19.7. The van der Waals surface area contributed by atoms with Crippen molar-refractivity contribution in [2.24, 2.45) is 0 Å². The predicted molar refractivity (Wildman–Crippen MR) is 94.9 cm³/mol. The fraction of sp³-hybridized carbons (Fsp3) is 0.267. The summed E-state index contributed by atoms with van der Waals surface area (Å²) in [6.07, 6.45) is 2.68. The van der Waals surface area contributed by atoms with Crippen LogP contribution in [0.5, 0.6) is 0 Å². The second-order valence-corrected chi connectivity index (χ2v) is 9.57. The molecule has 1 aliphatic heterocycles. The zero-order valence-corrected chi connectivity index (χ0v) is 15.6. The lowest BCUT2D eigenvalue weighted by molar-refractivity contribution is -0.387. The molecular formula is C15H16N4O6S2. The third-order valence-electron chi connectivity index (χ3n) is 4.15. The number of sulfonamides is 2. The van der Waals surface area contributed by atoms with E-state index >= 15 is 0 Å². The monoisotopic (exact) mass is 412 g/mol. The Balaban J connectivity index is 1.81. The van der Waals surface area contributed by atoms with E-state index < -0.39 is 35.6 Å². The number of rotatable bonds is 5. The van der Waals surface area contributed by atoms with Crippen LogP contribution in [0.15, 0.2) is 58.6 Å². The van der Waals surface area contributed by atoms with Crippen LogP contribution in [0.3, 0.4) is 0 Å². The van der Waals surface area contributed by atoms with Gasteiger partial charge in [0.15, 0.2) is 4.90 Å². The van der Waals surface area contributed by atoms with E-state index in [-0.39, 0.29) is 31.1 Å². The van der Waals surface area contributed by atoms with Crippen molar-refractivity contribution in [3.63, 3.8) is 0 Å². The van der Waals surface area contributed by atoms with Crippen LogP contribution in [0.1, 0.15) is 0 Å². The number of aromatic nitrogens is 1. The molecule has 1 aromatic carbocycles. The van der Waals surface area contributed by atoms with Gasteiger partial charge in [-0.05, 0) is 18.2 Å². The lowest BCUT2D eigenvalue weighted by atomic mass is 10.3. The molecule has 2 aromatic rings. The van der Waals surface area contributed by atoms with Gasteiger partial charge in [0, 0.05) is 44.6 Å². The Morgan fingerprint density at radius 1 is 0.889 bits per heavy atom. The first-order valence-corrected chi connectivity index (χ1v) is 10.8. The molecule has 10 nitrogen and oxygen atoms in total. The molecule has 1 saturated heterocycles. The van der Waals surface area contributed by atoms with Crippen LogP contribution < -0.4 is 0 Å². The van der Waals surface area contributed by atoms with Crippen LogP contribution in [0.4, 0.5) is 5.69 Å². The molecule has 0 bridgehead atoms. The summed E-state index contributed by atoms with van der Waals surface area (Å²) in [6.45, 7) is -0.323. The maximum atomic E-state index is 12.8. The molecule has 12 heteroatoms. The highest BCUT2D eigenvalue weighted by Gasteiger charge is 2.36. The number of nitro groups is 1. The number of piperazine rings is 1. The van der Waals surface area contributed by atoms with Gasteiger partial charge in [0.2, 0.25) is 20.0 Å². The molecule has 3 rings (SSSR count). The van der Waals surface area contributed by atoms with Gasteiger partial charge >= 0.3 is 0 Å². The van der Waals surface area contributed by atoms with E-state index in [9.17, 15) is 26.9 Å². The molecule has 0 unspecified atom stereocenters. The summed E-state index contributed by atoms with van der Waals surface area (Å²) >= 11 is 0. The van der Waals surface area contributed by atoms with Crippen molar-refractivity contribution in [2.45, 2.75) is 9.79 Å². The van der Waals surface area contributed by atoms with Crippen LogP contribution in [-0.2, 0) is 20.0 Å². The van der Waals surface area contributed by atoms with E-state index in [1.54, 1.807) is 0 Å². The fourth-order valence-electron chi connectivity index (χ4n) is 2.76. The molecule has 1 aliphatic rings. The van der Waals surface area contributed by atoms with Crippen molar-refractivity contribution in [1.82, 2.24) is 13.6 Å². The minimum absolute atomic E-state index is 0.0278. The third-order valence-corrected chi connectivity index (χ3v) is 7.98. The molecule has 1 fully saturated rings. The lowest BCUT2D eigenvalue weighted by Gasteiger charge is -2.33. The van der Waals surface area contributed by atoms with E-state index in [4.69, 9.17) is 0 Å². The zero-order valence-electron chi connectivity index (χ0n) is 14.0. The van der Waals surface area contributed by atoms with Crippen LogP contribution >= 0.6 is 0 Å². The second-order valence-electron chi connectivity index (χ2n) is 5.72. The summed E-state index contributed by atoms with van der Waals surface area (Å²) in [4.78, 5) is 13.8. The topological polar surface area (TPSA) is 131 Å². The third kappa shape index (κ3) is 3.69. The highest BCUT2D eigenvalue weighted by molar-refractivity contribution is 7.89. The first-order valence-electron chi connectivity index (χ1n) is 7.88. The first kappa shape index (κ1) is 19.4. The van der Waals surface area contributed by atoms with E-state index in [0.717, 1.165) is 10.4 Å². The van der Waals surface area contributed by atoms with Gasteiger partial charge in [-0.2, -0.15) is 8.61 Å². The minimum Gasteiger partial charge on any atom is -0.263 e. The SMILES string of the molecule is O=[N+]([O-])c1ccccc1S(=O)(=O)N1CCN(S(=O)(=O)c2cccnc2)CC1. The van der Waals surface area contributed by atoms with Crippen molar-refractivity contribution < 1.29 is 21.8 Å². The summed E-state index contributed by atoms with van der Waals surface area (Å²) in [6, 6.07) is 8.00. The highest BCUT2D eigenvalue weighted by atomic mass is 32.2. The van der Waals surface area contributed by atoms with Crippen molar-refractivity contribution in [1.29, 1.82) is 0 Å². The average molecular weight is 412 g/mol.